The summed E-state index contributed by atoms with van der Waals surface area (Å²) in [4.78, 5) is 0. The van der Waals surface area contributed by atoms with Gasteiger partial charge in [0.15, 0.2) is 0 Å². The van der Waals surface area contributed by atoms with Gasteiger partial charge in [-0.1, -0.05) is 42.2 Å². The normalized spacial score (nSPS) is 12.5. The van der Waals surface area contributed by atoms with E-state index in [0.29, 0.717) is 0 Å². The lowest BCUT2D eigenvalue weighted by molar-refractivity contribution is -0.877. The van der Waals surface area contributed by atoms with Crippen LogP contribution >= 0.6 is 22.6 Å². The Morgan fingerprint density at radius 2 is 1.58 bits per heavy atom. The zero-order chi connectivity index (χ0) is 9.12. The molecule has 0 saturated carbocycles. The molecule has 0 spiro atoms. The third-order valence-corrected chi connectivity index (χ3v) is 3.88. The van der Waals surface area contributed by atoms with Crippen molar-refractivity contribution in [2.75, 3.05) is 31.2 Å². The van der Waals surface area contributed by atoms with Gasteiger partial charge in [0.2, 0.25) is 0 Å². The van der Waals surface area contributed by atoms with Crippen molar-refractivity contribution in [2.45, 2.75) is 19.6 Å². The molecule has 0 aliphatic rings. The third-order valence-electron chi connectivity index (χ3n) is 1.59. The van der Waals surface area contributed by atoms with Crippen LogP contribution in [0.2, 0.25) is 19.6 Å². The molecule has 1 nitrogen and oxygen atoms in total. The van der Waals surface area contributed by atoms with Crippen LogP contribution < -0.4 is 24.0 Å². The molecule has 0 aromatic rings. The lowest BCUT2D eigenvalue weighted by atomic mass is 10.6. The van der Waals surface area contributed by atoms with E-state index in [0.717, 1.165) is 0 Å². The fourth-order valence-electron chi connectivity index (χ4n) is 1.59. The van der Waals surface area contributed by atoms with Crippen LogP contribution in [0.15, 0.2) is 0 Å². The minimum Gasteiger partial charge on any atom is -1.00 e. The molecule has 0 N–H and O–H groups in total. The molecule has 76 valence electrons. The minimum atomic E-state index is -0.861. The lowest BCUT2D eigenvalue weighted by Crippen LogP contribution is -3.00. The van der Waals surface area contributed by atoms with Gasteiger partial charge in [-0.05, 0) is 0 Å². The third kappa shape index (κ3) is 9.72. The second kappa shape index (κ2) is 6.18. The van der Waals surface area contributed by atoms with Crippen molar-refractivity contribution in [2.24, 2.45) is 0 Å². The Morgan fingerprint density at radius 1 is 1.17 bits per heavy atom. The van der Waals surface area contributed by atoms with Crippen LogP contribution in [0.4, 0.5) is 0 Å². The standard InChI is InChI=1S/C8H21INSi.HI/c1-10(2,7-6-9)8-11(3,4)5;/h6-8H2,1-5H3;1H/q+1;/p-1. The predicted molar refractivity (Wildman–Crippen MR) is 64.1 cm³/mol. The Balaban J connectivity index is 0. The van der Waals surface area contributed by atoms with Gasteiger partial charge in [-0.25, -0.2) is 0 Å². The van der Waals surface area contributed by atoms with E-state index in [-0.39, 0.29) is 24.0 Å². The Bertz CT molecular complexity index is 121. The quantitative estimate of drug-likeness (QED) is 0.250. The summed E-state index contributed by atoms with van der Waals surface area (Å²) in [7, 11) is 3.83. The maximum atomic E-state index is 2.46. The van der Waals surface area contributed by atoms with Crippen LogP contribution in [-0.2, 0) is 0 Å². The Hall–Kier alpha value is 1.64. The Kier molecular flexibility index (Phi) is 8.29. The first-order valence-corrected chi connectivity index (χ1v) is 9.38. The molecule has 0 heterocycles. The van der Waals surface area contributed by atoms with E-state index in [2.05, 4.69) is 56.3 Å². The summed E-state index contributed by atoms with van der Waals surface area (Å²) in [6, 6.07) is 0. The highest BCUT2D eigenvalue weighted by atomic mass is 127. The topological polar surface area (TPSA) is 0 Å². The smallest absolute Gasteiger partial charge is 0.110 e. The summed E-state index contributed by atoms with van der Waals surface area (Å²) >= 11 is 2.46. The molecule has 0 aliphatic heterocycles. The van der Waals surface area contributed by atoms with E-state index in [1.165, 1.54) is 21.6 Å². The van der Waals surface area contributed by atoms with Gasteiger partial charge in [0.05, 0.1) is 26.8 Å². The minimum absolute atomic E-state index is 0. The summed E-state index contributed by atoms with van der Waals surface area (Å²) in [5.41, 5.74) is 0. The molecule has 4 heteroatoms. The highest BCUT2D eigenvalue weighted by molar-refractivity contribution is 14.1. The number of alkyl halides is 1. The summed E-state index contributed by atoms with van der Waals surface area (Å²) in [5, 5.41) is 0. The second-order valence-corrected chi connectivity index (χ2v) is 11.6. The number of halogens is 2. The van der Waals surface area contributed by atoms with Crippen LogP contribution in [0.5, 0.6) is 0 Å². The largest absolute Gasteiger partial charge is 1.00 e. The average Bonchev–Trinajstić information content (AvgIpc) is 1.55. The molecular weight excluding hydrogens is 392 g/mol. The summed E-state index contributed by atoms with van der Waals surface area (Å²) in [5.74, 6) is 0. The van der Waals surface area contributed by atoms with Gasteiger partial charge in [-0.3, -0.25) is 0 Å². The van der Waals surface area contributed by atoms with Gasteiger partial charge < -0.3 is 28.5 Å². The molecule has 0 bridgehead atoms. The summed E-state index contributed by atoms with van der Waals surface area (Å²) < 4.78 is 2.48. The molecule has 0 atom stereocenters. The lowest BCUT2D eigenvalue weighted by Gasteiger charge is -2.34. The Labute approximate surface area is 109 Å². The van der Waals surface area contributed by atoms with Gasteiger partial charge in [-0.15, -0.1) is 0 Å². The zero-order valence-corrected chi connectivity index (χ0v) is 14.1. The first-order chi connectivity index (χ1) is 4.77. The van der Waals surface area contributed by atoms with Crippen molar-refractivity contribution >= 4 is 30.7 Å². The van der Waals surface area contributed by atoms with Crippen molar-refractivity contribution in [3.8, 4) is 0 Å². The maximum Gasteiger partial charge on any atom is 0.110 e. The van der Waals surface area contributed by atoms with Gasteiger partial charge in [0.25, 0.3) is 0 Å². The highest BCUT2D eigenvalue weighted by Gasteiger charge is 2.25. The van der Waals surface area contributed by atoms with Gasteiger partial charge >= 0.3 is 0 Å². The van der Waals surface area contributed by atoms with Crippen molar-refractivity contribution in [3.63, 3.8) is 0 Å². The average molecular weight is 413 g/mol. The van der Waals surface area contributed by atoms with E-state index in [1.54, 1.807) is 0 Å². The van der Waals surface area contributed by atoms with E-state index < -0.39 is 8.07 Å². The number of hydrogen-bond donors (Lipinski definition) is 0. The molecule has 0 amide bonds. The molecule has 12 heavy (non-hydrogen) atoms. The molecular formula is C8H21I2NSi. The van der Waals surface area contributed by atoms with E-state index in [9.17, 15) is 0 Å². The van der Waals surface area contributed by atoms with Crippen molar-refractivity contribution in [3.05, 3.63) is 0 Å². The number of quaternary nitrogens is 1. The van der Waals surface area contributed by atoms with E-state index in [1.807, 2.05) is 0 Å². The van der Waals surface area contributed by atoms with E-state index in [4.69, 9.17) is 0 Å². The number of rotatable bonds is 4. The molecule has 0 saturated heterocycles. The first-order valence-electron chi connectivity index (χ1n) is 4.15. The maximum absolute atomic E-state index is 2.46. The monoisotopic (exact) mass is 413 g/mol. The first kappa shape index (κ1) is 16.1. The molecule has 0 aliphatic carbocycles. The van der Waals surface area contributed by atoms with E-state index >= 15 is 0 Å². The van der Waals surface area contributed by atoms with Crippen LogP contribution in [0.25, 0.3) is 0 Å². The molecule has 0 fully saturated rings. The highest BCUT2D eigenvalue weighted by Crippen LogP contribution is 2.08. The van der Waals surface area contributed by atoms with Crippen molar-refractivity contribution < 1.29 is 28.5 Å². The van der Waals surface area contributed by atoms with Crippen LogP contribution in [0.1, 0.15) is 0 Å². The van der Waals surface area contributed by atoms with Gasteiger partial charge in [0.1, 0.15) is 8.07 Å². The molecule has 0 rings (SSSR count). The molecule has 0 aromatic carbocycles. The van der Waals surface area contributed by atoms with Crippen LogP contribution in [-0.4, -0.2) is 43.8 Å². The zero-order valence-electron chi connectivity index (χ0n) is 8.82. The SMILES string of the molecule is C[N+](C)(CCI)C[Si](C)(C)C.[I-]. The van der Waals surface area contributed by atoms with Gasteiger partial charge in [-0.2, -0.15) is 0 Å². The molecule has 0 unspecified atom stereocenters. The molecule has 0 aromatic heterocycles. The van der Waals surface area contributed by atoms with Crippen molar-refractivity contribution in [1.29, 1.82) is 0 Å². The summed E-state index contributed by atoms with van der Waals surface area (Å²) in [6.07, 6.45) is 1.40. The molecule has 0 radical (unpaired) electrons. The Morgan fingerprint density at radius 3 is 1.83 bits per heavy atom. The fourth-order valence-corrected chi connectivity index (χ4v) is 5.62. The number of hydrogen-bond acceptors (Lipinski definition) is 0. The second-order valence-electron chi connectivity index (χ2n) is 5.07. The van der Waals surface area contributed by atoms with Crippen LogP contribution in [0.3, 0.4) is 0 Å². The fraction of sp³-hybridized carbons (Fsp3) is 1.00. The van der Waals surface area contributed by atoms with Gasteiger partial charge in [0, 0.05) is 4.43 Å². The van der Waals surface area contributed by atoms with Crippen molar-refractivity contribution in [1.82, 2.24) is 0 Å². The number of nitrogens with zero attached hydrogens (tertiary/aromatic N) is 1. The summed E-state index contributed by atoms with van der Waals surface area (Å²) in [6.45, 7) is 8.64. The predicted octanol–water partition coefficient (Wildman–Crippen LogP) is -0.621. The van der Waals surface area contributed by atoms with Crippen LogP contribution in [0, 0.1) is 0 Å².